The fourth-order valence-electron chi connectivity index (χ4n) is 3.55. The molecule has 2 N–H and O–H groups in total. The van der Waals surface area contributed by atoms with Gasteiger partial charge in [-0.05, 0) is 36.2 Å². The number of hydrogen-bond acceptors (Lipinski definition) is 7. The summed E-state index contributed by atoms with van der Waals surface area (Å²) in [7, 11) is 0. The molecule has 4 rings (SSSR count). The van der Waals surface area contributed by atoms with Crippen LogP contribution in [0.4, 0.5) is 5.13 Å². The van der Waals surface area contributed by atoms with Crippen LogP contribution >= 0.6 is 34.4 Å². The van der Waals surface area contributed by atoms with Gasteiger partial charge in [-0.2, -0.15) is 0 Å². The number of aryl methyl sites for hydroxylation is 1. The van der Waals surface area contributed by atoms with Crippen molar-refractivity contribution in [3.63, 3.8) is 0 Å². The number of thioether (sulfide) groups is 1. The minimum absolute atomic E-state index is 0.0976. The van der Waals surface area contributed by atoms with E-state index in [1.807, 2.05) is 0 Å². The fourth-order valence-corrected chi connectivity index (χ4v) is 6.11. The van der Waals surface area contributed by atoms with Crippen molar-refractivity contribution in [1.29, 1.82) is 0 Å². The Labute approximate surface area is 175 Å². The van der Waals surface area contributed by atoms with Crippen LogP contribution in [0.5, 0.6) is 0 Å². The van der Waals surface area contributed by atoms with Crippen LogP contribution in [-0.4, -0.2) is 26.6 Å². The molecule has 3 aromatic rings. The van der Waals surface area contributed by atoms with Gasteiger partial charge in [0.25, 0.3) is 5.56 Å². The molecule has 0 unspecified atom stereocenters. The first kappa shape index (κ1) is 19.6. The maximum atomic E-state index is 12.7. The number of fused-ring (bicyclic) bond motifs is 3. The number of thiazole rings is 1. The van der Waals surface area contributed by atoms with Crippen molar-refractivity contribution in [3.8, 4) is 0 Å². The molecule has 0 aliphatic heterocycles. The van der Waals surface area contributed by atoms with E-state index in [1.54, 1.807) is 22.9 Å². The molecular formula is C19H22N4O2S3. The van der Waals surface area contributed by atoms with Gasteiger partial charge in [0.2, 0.25) is 5.91 Å². The van der Waals surface area contributed by atoms with Crippen LogP contribution in [0.25, 0.3) is 10.2 Å². The van der Waals surface area contributed by atoms with E-state index >= 15 is 0 Å². The number of nitrogens with zero attached hydrogens (tertiary/aromatic N) is 2. The van der Waals surface area contributed by atoms with Crippen LogP contribution in [-0.2, 0) is 17.6 Å². The third-order valence-corrected chi connectivity index (χ3v) is 7.85. The predicted octanol–water partition coefficient (Wildman–Crippen LogP) is 4.32. The topological polar surface area (TPSA) is 87.7 Å². The third kappa shape index (κ3) is 4.01. The zero-order valence-corrected chi connectivity index (χ0v) is 18.4. The van der Waals surface area contributed by atoms with Gasteiger partial charge in [-0.25, -0.2) is 9.97 Å². The molecule has 148 valence electrons. The second kappa shape index (κ2) is 7.61. The van der Waals surface area contributed by atoms with Gasteiger partial charge in [0.05, 0.1) is 11.1 Å². The lowest BCUT2D eigenvalue weighted by Gasteiger charge is -2.33. The number of anilines is 1. The van der Waals surface area contributed by atoms with Gasteiger partial charge in [-0.3, -0.25) is 9.59 Å². The summed E-state index contributed by atoms with van der Waals surface area (Å²) in [5.74, 6) is 0.627. The molecule has 0 spiro atoms. The van der Waals surface area contributed by atoms with E-state index in [-0.39, 0.29) is 22.6 Å². The van der Waals surface area contributed by atoms with E-state index in [1.165, 1.54) is 33.5 Å². The summed E-state index contributed by atoms with van der Waals surface area (Å²) in [6, 6.07) is 0. The van der Waals surface area contributed by atoms with Gasteiger partial charge in [0.1, 0.15) is 4.83 Å². The second-order valence-electron chi connectivity index (χ2n) is 8.03. The monoisotopic (exact) mass is 434 g/mol. The van der Waals surface area contributed by atoms with Crippen molar-refractivity contribution in [2.75, 3.05) is 11.1 Å². The summed E-state index contributed by atoms with van der Waals surface area (Å²) in [6.45, 7) is 6.85. The molecule has 28 heavy (non-hydrogen) atoms. The van der Waals surface area contributed by atoms with Crippen molar-refractivity contribution >= 4 is 55.7 Å². The number of nitrogens with one attached hydrogen (secondary N) is 2. The zero-order chi connectivity index (χ0) is 19.9. The Balaban J connectivity index is 1.53. The Morgan fingerprint density at radius 2 is 2.25 bits per heavy atom. The van der Waals surface area contributed by atoms with Gasteiger partial charge in [0, 0.05) is 16.5 Å². The standard InChI is InChI=1S/C19H22N4O2S3/c1-19(2,3)10-4-5-11-12(8-10)28-16-14(11)15(25)22-18(23-16)27-9-13(24)21-17-20-6-7-26-17/h6-7,10H,4-5,8-9H2,1-3H3,(H,20,21,24)(H,22,23,25)/t10-/m1/s1. The quantitative estimate of drug-likeness (QED) is 0.472. The lowest BCUT2D eigenvalue weighted by atomic mass is 9.72. The second-order valence-corrected chi connectivity index (χ2v) is 11.0. The first-order valence-electron chi connectivity index (χ1n) is 9.18. The van der Waals surface area contributed by atoms with E-state index in [2.05, 4.69) is 41.0 Å². The van der Waals surface area contributed by atoms with Gasteiger partial charge < -0.3 is 10.3 Å². The number of aromatic amines is 1. The van der Waals surface area contributed by atoms with Crippen molar-refractivity contribution in [3.05, 3.63) is 32.4 Å². The van der Waals surface area contributed by atoms with Gasteiger partial charge in [-0.15, -0.1) is 22.7 Å². The predicted molar refractivity (Wildman–Crippen MR) is 117 cm³/mol. The number of aromatic nitrogens is 3. The SMILES string of the molecule is CC(C)(C)[C@@H]1CCc2c(sc3nc(SCC(=O)Nc4nccs4)[nH]c(=O)c23)C1. The molecule has 3 heterocycles. The molecule has 1 aliphatic carbocycles. The molecular weight excluding hydrogens is 412 g/mol. The smallest absolute Gasteiger partial charge is 0.260 e. The van der Waals surface area contributed by atoms with Crippen molar-refractivity contribution in [2.24, 2.45) is 11.3 Å². The number of thiophene rings is 1. The van der Waals surface area contributed by atoms with Crippen LogP contribution in [0.3, 0.4) is 0 Å². The van der Waals surface area contributed by atoms with E-state index in [0.717, 1.165) is 29.5 Å². The van der Waals surface area contributed by atoms with Crippen LogP contribution in [0.1, 0.15) is 37.6 Å². The number of hydrogen-bond donors (Lipinski definition) is 2. The maximum absolute atomic E-state index is 12.7. The Bertz CT molecular complexity index is 1060. The molecule has 0 saturated heterocycles. The molecule has 6 nitrogen and oxygen atoms in total. The first-order chi connectivity index (χ1) is 13.3. The summed E-state index contributed by atoms with van der Waals surface area (Å²) in [4.78, 5) is 38.3. The van der Waals surface area contributed by atoms with Gasteiger partial charge >= 0.3 is 0 Å². The molecule has 0 aromatic carbocycles. The van der Waals surface area contributed by atoms with Gasteiger partial charge in [0.15, 0.2) is 10.3 Å². The molecule has 0 fully saturated rings. The minimum atomic E-state index is -0.166. The van der Waals surface area contributed by atoms with Crippen molar-refractivity contribution < 1.29 is 4.79 Å². The number of carbonyl (C=O) groups is 1. The number of amides is 1. The highest BCUT2D eigenvalue weighted by Crippen LogP contribution is 2.42. The number of rotatable bonds is 4. The molecule has 9 heteroatoms. The molecule has 0 radical (unpaired) electrons. The van der Waals surface area contributed by atoms with Crippen LogP contribution < -0.4 is 10.9 Å². The molecule has 1 aliphatic rings. The average molecular weight is 435 g/mol. The molecule has 0 saturated carbocycles. The lowest BCUT2D eigenvalue weighted by molar-refractivity contribution is -0.113. The fraction of sp³-hybridized carbons (Fsp3) is 0.474. The number of carbonyl (C=O) groups excluding carboxylic acids is 1. The van der Waals surface area contributed by atoms with Crippen LogP contribution in [0.15, 0.2) is 21.5 Å². The van der Waals surface area contributed by atoms with Crippen LogP contribution in [0, 0.1) is 11.3 Å². The average Bonchev–Trinajstić information content (AvgIpc) is 3.25. The first-order valence-corrected chi connectivity index (χ1v) is 11.9. The van der Waals surface area contributed by atoms with Gasteiger partial charge in [-0.1, -0.05) is 32.5 Å². The maximum Gasteiger partial charge on any atom is 0.260 e. The lowest BCUT2D eigenvalue weighted by Crippen LogP contribution is -2.26. The highest BCUT2D eigenvalue weighted by Gasteiger charge is 2.31. The normalized spacial score (nSPS) is 16.9. The Morgan fingerprint density at radius 3 is 2.96 bits per heavy atom. The molecule has 1 atom stereocenters. The Morgan fingerprint density at radius 1 is 1.43 bits per heavy atom. The van der Waals surface area contributed by atoms with E-state index < -0.39 is 0 Å². The number of H-pyrrole nitrogens is 1. The Kier molecular flexibility index (Phi) is 5.32. The largest absolute Gasteiger partial charge is 0.301 e. The van der Waals surface area contributed by atoms with E-state index in [4.69, 9.17) is 0 Å². The molecule has 0 bridgehead atoms. The summed E-state index contributed by atoms with van der Waals surface area (Å²) in [5.41, 5.74) is 1.34. The van der Waals surface area contributed by atoms with E-state index in [0.29, 0.717) is 16.2 Å². The summed E-state index contributed by atoms with van der Waals surface area (Å²) >= 11 is 4.24. The molecule has 1 amide bonds. The summed E-state index contributed by atoms with van der Waals surface area (Å²) < 4.78 is 0. The Hall–Kier alpha value is -1.71. The van der Waals surface area contributed by atoms with Crippen LogP contribution in [0.2, 0.25) is 0 Å². The third-order valence-electron chi connectivity index (χ3n) is 5.14. The zero-order valence-electron chi connectivity index (χ0n) is 16.0. The summed E-state index contributed by atoms with van der Waals surface area (Å²) in [6.07, 6.45) is 4.70. The molecule has 3 aromatic heterocycles. The minimum Gasteiger partial charge on any atom is -0.301 e. The highest BCUT2D eigenvalue weighted by atomic mass is 32.2. The summed E-state index contributed by atoms with van der Waals surface area (Å²) in [5, 5.41) is 6.33. The van der Waals surface area contributed by atoms with Crippen molar-refractivity contribution in [2.45, 2.75) is 45.2 Å². The van der Waals surface area contributed by atoms with Crippen molar-refractivity contribution in [1.82, 2.24) is 15.0 Å². The van der Waals surface area contributed by atoms with E-state index in [9.17, 15) is 9.59 Å². The highest BCUT2D eigenvalue weighted by molar-refractivity contribution is 7.99.